The molecule has 0 radical (unpaired) electrons. The summed E-state index contributed by atoms with van der Waals surface area (Å²) in [7, 11) is 0. The van der Waals surface area contributed by atoms with Gasteiger partial charge >= 0.3 is 0 Å². The van der Waals surface area contributed by atoms with Gasteiger partial charge in [0, 0.05) is 38.6 Å². The third kappa shape index (κ3) is 4.86. The van der Waals surface area contributed by atoms with Gasteiger partial charge in [-0.1, -0.05) is 24.3 Å². The minimum Gasteiger partial charge on any atom is -0.369 e. The minimum atomic E-state index is 0.0869. The van der Waals surface area contributed by atoms with Gasteiger partial charge in [0.25, 0.3) is 0 Å². The second-order valence-electron chi connectivity index (χ2n) is 8.19. The van der Waals surface area contributed by atoms with Gasteiger partial charge in [-0.15, -0.1) is 0 Å². The van der Waals surface area contributed by atoms with Crippen LogP contribution in [0.4, 0.5) is 11.6 Å². The van der Waals surface area contributed by atoms with Crippen molar-refractivity contribution < 1.29 is 4.79 Å². The number of aromatic nitrogens is 2. The lowest BCUT2D eigenvalue weighted by Gasteiger charge is -2.33. The van der Waals surface area contributed by atoms with Crippen LogP contribution in [0.3, 0.4) is 0 Å². The third-order valence-electron chi connectivity index (χ3n) is 6.21. The molecule has 0 aliphatic carbocycles. The van der Waals surface area contributed by atoms with Crippen molar-refractivity contribution in [1.29, 1.82) is 0 Å². The molecular weight excluding hydrogens is 362 g/mol. The summed E-state index contributed by atoms with van der Waals surface area (Å²) in [5.41, 5.74) is 3.46. The lowest BCUT2D eigenvalue weighted by molar-refractivity contribution is -0.125. The van der Waals surface area contributed by atoms with Crippen molar-refractivity contribution in [2.24, 2.45) is 5.92 Å². The number of nitrogens with zero attached hydrogens (tertiary/aromatic N) is 4. The Morgan fingerprint density at radius 2 is 1.69 bits per heavy atom. The summed E-state index contributed by atoms with van der Waals surface area (Å²) >= 11 is 0. The number of benzene rings is 1. The van der Waals surface area contributed by atoms with Gasteiger partial charge in [-0.25, -0.2) is 9.97 Å². The molecular formula is C23H31N5O. The number of hydrogen-bond donors (Lipinski definition) is 1. The minimum absolute atomic E-state index is 0.0869. The first-order valence-corrected chi connectivity index (χ1v) is 10.8. The molecule has 0 atom stereocenters. The molecule has 3 heterocycles. The predicted molar refractivity (Wildman–Crippen MR) is 116 cm³/mol. The summed E-state index contributed by atoms with van der Waals surface area (Å²) in [6.07, 6.45) is 9.38. The van der Waals surface area contributed by atoms with Crippen molar-refractivity contribution in [3.8, 4) is 0 Å². The maximum absolute atomic E-state index is 12.6. The molecule has 0 unspecified atom stereocenters. The van der Waals surface area contributed by atoms with Crippen molar-refractivity contribution in [3.63, 3.8) is 0 Å². The molecule has 2 saturated heterocycles. The largest absolute Gasteiger partial charge is 0.369 e. The van der Waals surface area contributed by atoms with Crippen LogP contribution in [-0.2, 0) is 11.3 Å². The van der Waals surface area contributed by atoms with E-state index in [1.165, 1.54) is 30.4 Å². The lowest BCUT2D eigenvalue weighted by Crippen LogP contribution is -2.40. The van der Waals surface area contributed by atoms with Gasteiger partial charge in [0.05, 0.1) is 18.1 Å². The smallest absolute Gasteiger partial charge is 0.225 e. The second-order valence-corrected chi connectivity index (χ2v) is 8.19. The van der Waals surface area contributed by atoms with E-state index in [1.54, 1.807) is 0 Å². The van der Waals surface area contributed by atoms with Crippen LogP contribution in [0, 0.1) is 12.8 Å². The number of carbonyl (C=O) groups excluding carboxylic acids is 1. The molecule has 29 heavy (non-hydrogen) atoms. The Hall–Kier alpha value is -2.63. The molecule has 4 rings (SSSR count). The van der Waals surface area contributed by atoms with E-state index in [4.69, 9.17) is 0 Å². The van der Waals surface area contributed by atoms with Crippen LogP contribution in [0.2, 0.25) is 0 Å². The van der Waals surface area contributed by atoms with Gasteiger partial charge in [-0.3, -0.25) is 4.79 Å². The van der Waals surface area contributed by atoms with Gasteiger partial charge in [0.15, 0.2) is 0 Å². The quantitative estimate of drug-likeness (QED) is 0.844. The fraction of sp³-hybridized carbons (Fsp3) is 0.522. The fourth-order valence-corrected chi connectivity index (χ4v) is 4.27. The first kappa shape index (κ1) is 19.7. The molecule has 6 heteroatoms. The summed E-state index contributed by atoms with van der Waals surface area (Å²) < 4.78 is 0. The van der Waals surface area contributed by atoms with E-state index in [0.29, 0.717) is 6.54 Å². The van der Waals surface area contributed by atoms with Crippen molar-refractivity contribution in [2.45, 2.75) is 45.6 Å². The molecule has 1 N–H and O–H groups in total. The summed E-state index contributed by atoms with van der Waals surface area (Å²) in [6, 6.07) is 8.20. The molecule has 154 valence electrons. The summed E-state index contributed by atoms with van der Waals surface area (Å²) in [4.78, 5) is 26.4. The average Bonchev–Trinajstić information content (AvgIpc) is 2.79. The molecule has 2 aliphatic heterocycles. The molecule has 6 nitrogen and oxygen atoms in total. The SMILES string of the molecule is Cc1ccccc1CNC(=O)C1CCN(c2cnc(N3CCCCC3)nc2)CC1. The van der Waals surface area contributed by atoms with Crippen molar-refractivity contribution >= 4 is 17.5 Å². The van der Waals surface area contributed by atoms with Crippen LogP contribution in [0.5, 0.6) is 0 Å². The number of nitrogens with one attached hydrogen (secondary N) is 1. The van der Waals surface area contributed by atoms with E-state index < -0.39 is 0 Å². The summed E-state index contributed by atoms with van der Waals surface area (Å²) in [5.74, 6) is 1.10. The lowest BCUT2D eigenvalue weighted by atomic mass is 9.95. The Balaban J connectivity index is 1.26. The monoisotopic (exact) mass is 393 g/mol. The van der Waals surface area contributed by atoms with Crippen LogP contribution < -0.4 is 15.1 Å². The Morgan fingerprint density at radius 1 is 1.00 bits per heavy atom. The Bertz CT molecular complexity index is 808. The zero-order valence-electron chi connectivity index (χ0n) is 17.3. The molecule has 1 aromatic carbocycles. The van der Waals surface area contributed by atoms with Crippen LogP contribution in [0.1, 0.15) is 43.2 Å². The van der Waals surface area contributed by atoms with Crippen LogP contribution in [0.25, 0.3) is 0 Å². The van der Waals surface area contributed by atoms with E-state index in [0.717, 1.165) is 50.7 Å². The second kappa shape index (κ2) is 9.25. The highest BCUT2D eigenvalue weighted by atomic mass is 16.1. The van der Waals surface area contributed by atoms with E-state index in [1.807, 2.05) is 24.5 Å². The number of rotatable bonds is 5. The molecule has 0 saturated carbocycles. The average molecular weight is 394 g/mol. The normalized spacial score (nSPS) is 18.0. The highest BCUT2D eigenvalue weighted by Crippen LogP contribution is 2.24. The zero-order chi connectivity index (χ0) is 20.1. The molecule has 1 aromatic heterocycles. The van der Waals surface area contributed by atoms with Crippen LogP contribution in [-0.4, -0.2) is 42.1 Å². The van der Waals surface area contributed by atoms with Crippen LogP contribution in [0.15, 0.2) is 36.7 Å². The molecule has 0 bridgehead atoms. The maximum atomic E-state index is 12.6. The third-order valence-corrected chi connectivity index (χ3v) is 6.21. The number of piperidine rings is 2. The number of aryl methyl sites for hydroxylation is 1. The van der Waals surface area contributed by atoms with Crippen molar-refractivity contribution in [1.82, 2.24) is 15.3 Å². The van der Waals surface area contributed by atoms with E-state index in [9.17, 15) is 4.79 Å². The zero-order valence-corrected chi connectivity index (χ0v) is 17.3. The molecule has 1 amide bonds. The molecule has 2 aromatic rings. The molecule has 2 aliphatic rings. The number of amides is 1. The first-order chi connectivity index (χ1) is 14.2. The van der Waals surface area contributed by atoms with Crippen molar-refractivity contribution in [2.75, 3.05) is 36.0 Å². The number of hydrogen-bond acceptors (Lipinski definition) is 5. The van der Waals surface area contributed by atoms with E-state index >= 15 is 0 Å². The molecule has 0 spiro atoms. The van der Waals surface area contributed by atoms with Gasteiger partial charge in [-0.05, 0) is 50.2 Å². The maximum Gasteiger partial charge on any atom is 0.225 e. The van der Waals surface area contributed by atoms with Crippen molar-refractivity contribution in [3.05, 3.63) is 47.8 Å². The van der Waals surface area contributed by atoms with Crippen LogP contribution >= 0.6 is 0 Å². The van der Waals surface area contributed by atoms with Gasteiger partial charge in [-0.2, -0.15) is 0 Å². The van der Waals surface area contributed by atoms with E-state index in [-0.39, 0.29) is 11.8 Å². The number of anilines is 2. The predicted octanol–water partition coefficient (Wildman–Crippen LogP) is 3.31. The first-order valence-electron chi connectivity index (χ1n) is 10.8. The Kier molecular flexibility index (Phi) is 6.27. The number of carbonyl (C=O) groups is 1. The standard InChI is InChI=1S/C23H31N5O/c1-18-7-3-4-8-20(18)15-24-22(29)19-9-13-27(14-10-19)21-16-25-23(26-17-21)28-11-5-2-6-12-28/h3-4,7-8,16-17,19H,2,5-6,9-15H2,1H3,(H,24,29). The topological polar surface area (TPSA) is 61.4 Å². The highest BCUT2D eigenvalue weighted by Gasteiger charge is 2.25. The van der Waals surface area contributed by atoms with E-state index in [2.05, 4.69) is 44.1 Å². The van der Waals surface area contributed by atoms with Gasteiger partial charge in [0.1, 0.15) is 0 Å². The summed E-state index contributed by atoms with van der Waals surface area (Å²) in [5, 5.41) is 3.12. The highest BCUT2D eigenvalue weighted by molar-refractivity contribution is 5.79. The van der Waals surface area contributed by atoms with Gasteiger partial charge in [0.2, 0.25) is 11.9 Å². The molecule has 2 fully saturated rings. The summed E-state index contributed by atoms with van der Waals surface area (Å²) in [6.45, 7) is 6.55. The van der Waals surface area contributed by atoms with Gasteiger partial charge < -0.3 is 15.1 Å². The Labute approximate surface area is 173 Å². The fourth-order valence-electron chi connectivity index (χ4n) is 4.27. The Morgan fingerprint density at radius 3 is 2.38 bits per heavy atom.